The van der Waals surface area contributed by atoms with Crippen molar-refractivity contribution in [2.45, 2.75) is 25.6 Å². The molecule has 0 aromatic heterocycles. The van der Waals surface area contributed by atoms with Gasteiger partial charge >= 0.3 is 18.5 Å². The lowest BCUT2D eigenvalue weighted by Gasteiger charge is -2.40. The van der Waals surface area contributed by atoms with Crippen LogP contribution in [-0.4, -0.2) is 13.8 Å². The molecular formula is C11H4BrF10I2N. The molecule has 0 bridgehead atoms. The maximum absolute atomic E-state index is 14.9. The van der Waals surface area contributed by atoms with Gasteiger partial charge in [0, 0.05) is 10.0 Å². The van der Waals surface area contributed by atoms with Gasteiger partial charge in [-0.3, -0.25) is 0 Å². The van der Waals surface area contributed by atoms with Crippen molar-refractivity contribution in [1.29, 1.82) is 0 Å². The molecule has 0 saturated heterocycles. The molecule has 0 radical (unpaired) electrons. The van der Waals surface area contributed by atoms with Gasteiger partial charge in [0.1, 0.15) is 0 Å². The molecule has 0 spiro atoms. The summed E-state index contributed by atoms with van der Waals surface area (Å²) in [5.41, 5.74) is -4.95. The van der Waals surface area contributed by atoms with E-state index in [0.29, 0.717) is 0 Å². The normalized spacial score (nSPS) is 16.7. The molecule has 0 unspecified atom stereocenters. The molecule has 0 amide bonds. The van der Waals surface area contributed by atoms with E-state index < -0.39 is 46.9 Å². The largest absolute Gasteiger partial charge is 0.429 e. The number of nitrogens with two attached hydrogens (primary N) is 1. The Bertz CT molecular complexity index is 667. The SMILES string of the molecule is Nc1c(Br)cc([C@](F)(C(F)(F)F)C(I)(I)C(F)(F)F)cc1C(F)(F)F. The molecular weight excluding hydrogens is 670 g/mol. The molecule has 2 N–H and O–H groups in total. The summed E-state index contributed by atoms with van der Waals surface area (Å²) >= 11 is 2.78. The molecule has 0 heterocycles. The van der Waals surface area contributed by atoms with Crippen LogP contribution in [-0.2, 0) is 11.8 Å². The van der Waals surface area contributed by atoms with Gasteiger partial charge in [-0.25, -0.2) is 4.39 Å². The van der Waals surface area contributed by atoms with Crippen LogP contribution in [0.2, 0.25) is 0 Å². The van der Waals surface area contributed by atoms with Gasteiger partial charge in [0.15, 0.2) is 0 Å². The summed E-state index contributed by atoms with van der Waals surface area (Å²) in [6, 6.07) is -0.221. The van der Waals surface area contributed by atoms with E-state index in [0.717, 1.165) is 0 Å². The zero-order valence-electron chi connectivity index (χ0n) is 11.1. The summed E-state index contributed by atoms with van der Waals surface area (Å²) in [5, 5.41) is 0. The van der Waals surface area contributed by atoms with Crippen LogP contribution in [0.1, 0.15) is 11.1 Å². The Morgan fingerprint density at radius 1 is 0.800 bits per heavy atom. The van der Waals surface area contributed by atoms with Crippen molar-refractivity contribution in [3.63, 3.8) is 0 Å². The molecule has 0 aliphatic carbocycles. The van der Waals surface area contributed by atoms with Gasteiger partial charge in [0.05, 0.1) is 11.3 Å². The van der Waals surface area contributed by atoms with Gasteiger partial charge in [-0.05, 0) is 28.1 Å². The maximum Gasteiger partial charge on any atom is 0.429 e. The van der Waals surface area contributed by atoms with Crippen LogP contribution in [0, 0.1) is 0 Å². The van der Waals surface area contributed by atoms with Gasteiger partial charge in [-0.15, -0.1) is 0 Å². The quantitative estimate of drug-likeness (QED) is 0.157. The second-order valence-electron chi connectivity index (χ2n) is 4.65. The summed E-state index contributed by atoms with van der Waals surface area (Å²) in [4.78, 5) is 0. The highest BCUT2D eigenvalue weighted by Crippen LogP contribution is 2.63. The molecule has 1 atom stereocenters. The Kier molecular flexibility index (Phi) is 6.24. The Morgan fingerprint density at radius 3 is 1.56 bits per heavy atom. The predicted molar refractivity (Wildman–Crippen MR) is 89.2 cm³/mol. The molecule has 0 aliphatic heterocycles. The highest BCUT2D eigenvalue weighted by atomic mass is 127. The van der Waals surface area contributed by atoms with Crippen molar-refractivity contribution >= 4 is 66.8 Å². The molecule has 1 rings (SSSR count). The zero-order chi connectivity index (χ0) is 20.2. The highest BCUT2D eigenvalue weighted by molar-refractivity contribution is 14.2. The fraction of sp³-hybridized carbons (Fsp3) is 0.455. The van der Waals surface area contributed by atoms with Crippen molar-refractivity contribution in [2.24, 2.45) is 0 Å². The van der Waals surface area contributed by atoms with Crippen molar-refractivity contribution in [1.82, 2.24) is 0 Å². The minimum absolute atomic E-state index is 0.149. The molecule has 14 heteroatoms. The number of rotatable bonds is 2. The van der Waals surface area contributed by atoms with E-state index >= 15 is 0 Å². The van der Waals surface area contributed by atoms with Gasteiger partial charge < -0.3 is 5.73 Å². The number of alkyl halides is 12. The van der Waals surface area contributed by atoms with Crippen molar-refractivity contribution in [2.75, 3.05) is 5.73 Å². The topological polar surface area (TPSA) is 26.0 Å². The van der Waals surface area contributed by atoms with E-state index in [2.05, 4.69) is 15.9 Å². The van der Waals surface area contributed by atoms with Crippen molar-refractivity contribution in [3.05, 3.63) is 27.7 Å². The summed E-state index contributed by atoms with van der Waals surface area (Å²) < 4.78 is 128. The van der Waals surface area contributed by atoms with Gasteiger partial charge in [-0.2, -0.15) is 39.5 Å². The standard InChI is InChI=1S/C11H4BrF10I2N/c12-5-2-3(1-4(6(5)25)8(14,15)16)7(13,10(17,18)19)9(23,24)11(20,21)22/h1-2H,25H2/t7-/m1/s1. The summed E-state index contributed by atoms with van der Waals surface area (Å²) in [6.07, 6.45) is -17.2. The lowest BCUT2D eigenvalue weighted by atomic mass is 9.89. The molecule has 1 nitrogen and oxygen atoms in total. The molecule has 1 aromatic carbocycles. The first-order valence-corrected chi connectivity index (χ1v) is 8.60. The first-order chi connectivity index (χ1) is 10.8. The average molecular weight is 674 g/mol. The summed E-state index contributed by atoms with van der Waals surface area (Å²) in [7, 11) is 0. The fourth-order valence-electron chi connectivity index (χ4n) is 1.77. The number of anilines is 1. The second kappa shape index (κ2) is 6.70. The van der Waals surface area contributed by atoms with Crippen molar-refractivity contribution < 1.29 is 43.9 Å². The minimum atomic E-state index is -6.18. The smallest absolute Gasteiger partial charge is 0.397 e. The summed E-state index contributed by atoms with van der Waals surface area (Å²) in [6.45, 7) is 0. The zero-order valence-corrected chi connectivity index (χ0v) is 17.0. The monoisotopic (exact) mass is 673 g/mol. The third-order valence-electron chi connectivity index (χ3n) is 3.01. The van der Waals surface area contributed by atoms with Crippen molar-refractivity contribution in [3.8, 4) is 0 Å². The average Bonchev–Trinajstić information content (AvgIpc) is 2.36. The lowest BCUT2D eigenvalue weighted by molar-refractivity contribution is -0.268. The van der Waals surface area contributed by atoms with Crippen LogP contribution in [0.4, 0.5) is 49.6 Å². The molecule has 0 saturated carbocycles. The second-order valence-corrected chi connectivity index (χ2v) is 10.8. The molecule has 0 aliphatic rings. The third kappa shape index (κ3) is 3.94. The van der Waals surface area contributed by atoms with E-state index in [4.69, 9.17) is 5.73 Å². The number of nitrogen functional groups attached to an aromatic ring is 1. The maximum atomic E-state index is 14.9. The van der Waals surface area contributed by atoms with Gasteiger partial charge in [-0.1, -0.05) is 45.2 Å². The molecule has 1 aromatic rings. The first kappa shape index (κ1) is 23.3. The Labute approximate surface area is 169 Å². The van der Waals surface area contributed by atoms with Crippen LogP contribution in [0.15, 0.2) is 16.6 Å². The van der Waals surface area contributed by atoms with Crippen LogP contribution in [0.25, 0.3) is 0 Å². The van der Waals surface area contributed by atoms with Crippen LogP contribution >= 0.6 is 61.1 Å². The Hall–Kier alpha value is 0.260. The molecule has 25 heavy (non-hydrogen) atoms. The van der Waals surface area contributed by atoms with E-state index in [9.17, 15) is 43.9 Å². The molecule has 0 fully saturated rings. The molecule has 144 valence electrons. The lowest BCUT2D eigenvalue weighted by Crippen LogP contribution is -2.57. The first-order valence-electron chi connectivity index (χ1n) is 5.65. The van der Waals surface area contributed by atoms with Crippen LogP contribution in [0.5, 0.6) is 0 Å². The number of halogens is 13. The highest BCUT2D eigenvalue weighted by Gasteiger charge is 2.77. The number of hydrogen-bond donors (Lipinski definition) is 1. The Balaban J connectivity index is 3.92. The summed E-state index contributed by atoms with van der Waals surface area (Å²) in [5.74, 6) is 0. The third-order valence-corrected chi connectivity index (χ3v) is 6.38. The van der Waals surface area contributed by atoms with E-state index in [1.165, 1.54) is 0 Å². The Morgan fingerprint density at radius 2 is 1.24 bits per heavy atom. The van der Waals surface area contributed by atoms with Gasteiger partial charge in [0.25, 0.3) is 5.67 Å². The number of benzene rings is 1. The van der Waals surface area contributed by atoms with Crippen LogP contribution in [0.3, 0.4) is 0 Å². The van der Waals surface area contributed by atoms with E-state index in [1.807, 2.05) is 0 Å². The van der Waals surface area contributed by atoms with E-state index in [-0.39, 0.29) is 57.3 Å². The predicted octanol–water partition coefficient (Wildman–Crippen LogP) is 6.91. The fourth-order valence-corrected chi connectivity index (χ4v) is 3.46. The van der Waals surface area contributed by atoms with Crippen LogP contribution < -0.4 is 5.73 Å². The van der Waals surface area contributed by atoms with E-state index in [1.54, 1.807) is 0 Å². The van der Waals surface area contributed by atoms with Gasteiger partial charge in [0.2, 0.25) is 1.43 Å². The number of hydrogen-bond acceptors (Lipinski definition) is 1. The minimum Gasteiger partial charge on any atom is -0.397 e.